The number of hydrogen-bond acceptors (Lipinski definition) is 2. The van der Waals surface area contributed by atoms with E-state index in [4.69, 9.17) is 0 Å². The van der Waals surface area contributed by atoms with Crippen molar-refractivity contribution in [2.75, 3.05) is 0 Å². The lowest BCUT2D eigenvalue weighted by Gasteiger charge is -2.12. The molecular formula is C9H5BrF4O2. The number of benzene rings is 1. The van der Waals surface area contributed by atoms with Crippen molar-refractivity contribution in [1.29, 1.82) is 0 Å². The van der Waals surface area contributed by atoms with Crippen LogP contribution in [0.15, 0.2) is 16.6 Å². The Morgan fingerprint density at radius 1 is 1.38 bits per heavy atom. The fraction of sp³-hybridized carbons (Fsp3) is 0.222. The number of Topliss-reactive ketones (excluding diaryl/α,β-unsaturated/α-hetero) is 1. The van der Waals surface area contributed by atoms with Crippen LogP contribution in [0.2, 0.25) is 0 Å². The molecule has 0 saturated carbocycles. The van der Waals surface area contributed by atoms with Gasteiger partial charge >= 0.3 is 6.36 Å². The highest BCUT2D eigenvalue weighted by molar-refractivity contribution is 9.10. The minimum absolute atomic E-state index is 0.215. The standard InChI is InChI=1S/C9H5BrF4O2/c1-4(15)5-2-3-6(10)8(7(5)11)16-9(12,13)14/h2-3H,1H3. The Bertz CT molecular complexity index is 428. The van der Waals surface area contributed by atoms with E-state index in [0.29, 0.717) is 0 Å². The monoisotopic (exact) mass is 300 g/mol. The van der Waals surface area contributed by atoms with Crippen molar-refractivity contribution in [1.82, 2.24) is 0 Å². The third-order valence-corrected chi connectivity index (χ3v) is 2.27. The molecule has 16 heavy (non-hydrogen) atoms. The highest BCUT2D eigenvalue weighted by Crippen LogP contribution is 2.34. The number of carbonyl (C=O) groups is 1. The normalized spacial score (nSPS) is 11.4. The summed E-state index contributed by atoms with van der Waals surface area (Å²) < 4.78 is 52.5. The smallest absolute Gasteiger partial charge is 0.401 e. The highest BCUT2D eigenvalue weighted by Gasteiger charge is 2.34. The minimum Gasteiger partial charge on any atom is -0.401 e. The fourth-order valence-corrected chi connectivity index (χ4v) is 1.40. The third kappa shape index (κ3) is 2.94. The molecule has 1 aromatic rings. The van der Waals surface area contributed by atoms with Gasteiger partial charge < -0.3 is 4.74 Å². The summed E-state index contributed by atoms with van der Waals surface area (Å²) in [4.78, 5) is 10.9. The molecule has 88 valence electrons. The number of carbonyl (C=O) groups excluding carboxylic acids is 1. The first-order chi connectivity index (χ1) is 7.22. The Kier molecular flexibility index (Phi) is 3.57. The summed E-state index contributed by atoms with van der Waals surface area (Å²) in [5.41, 5.74) is -0.456. The number of ketones is 1. The van der Waals surface area contributed by atoms with Crippen molar-refractivity contribution >= 4 is 21.7 Å². The van der Waals surface area contributed by atoms with Crippen molar-refractivity contribution in [3.05, 3.63) is 28.0 Å². The lowest BCUT2D eigenvalue weighted by molar-refractivity contribution is -0.275. The summed E-state index contributed by atoms with van der Waals surface area (Å²) in [6.07, 6.45) is -5.02. The summed E-state index contributed by atoms with van der Waals surface area (Å²) in [6, 6.07) is 2.19. The van der Waals surface area contributed by atoms with Gasteiger partial charge in [0, 0.05) is 0 Å². The summed E-state index contributed by atoms with van der Waals surface area (Å²) >= 11 is 2.71. The van der Waals surface area contributed by atoms with Crippen LogP contribution in [0, 0.1) is 5.82 Å². The van der Waals surface area contributed by atoms with Crippen LogP contribution in [-0.2, 0) is 0 Å². The number of rotatable bonds is 2. The highest BCUT2D eigenvalue weighted by atomic mass is 79.9. The van der Waals surface area contributed by atoms with Crippen molar-refractivity contribution in [3.63, 3.8) is 0 Å². The van der Waals surface area contributed by atoms with Gasteiger partial charge in [0.2, 0.25) is 0 Å². The molecule has 1 rings (SSSR count). The van der Waals surface area contributed by atoms with E-state index >= 15 is 0 Å². The molecule has 2 nitrogen and oxygen atoms in total. The first kappa shape index (κ1) is 13.0. The first-order valence-electron chi connectivity index (χ1n) is 3.97. The molecule has 0 N–H and O–H groups in total. The van der Waals surface area contributed by atoms with Gasteiger partial charge in [0.15, 0.2) is 17.3 Å². The largest absolute Gasteiger partial charge is 0.573 e. The minimum atomic E-state index is -5.02. The van der Waals surface area contributed by atoms with Crippen LogP contribution < -0.4 is 4.74 Å². The second kappa shape index (κ2) is 4.40. The van der Waals surface area contributed by atoms with Gasteiger partial charge in [-0.3, -0.25) is 4.79 Å². The van der Waals surface area contributed by atoms with E-state index in [1.54, 1.807) is 0 Å². The van der Waals surface area contributed by atoms with Crippen LogP contribution in [-0.4, -0.2) is 12.1 Å². The van der Waals surface area contributed by atoms with E-state index in [0.717, 1.165) is 19.1 Å². The molecule has 0 unspecified atom stereocenters. The topological polar surface area (TPSA) is 26.3 Å². The molecule has 0 amide bonds. The molecule has 0 aliphatic heterocycles. The van der Waals surface area contributed by atoms with E-state index in [1.165, 1.54) is 0 Å². The van der Waals surface area contributed by atoms with Crippen LogP contribution in [0.25, 0.3) is 0 Å². The Morgan fingerprint density at radius 3 is 2.38 bits per heavy atom. The lowest BCUT2D eigenvalue weighted by Crippen LogP contribution is -2.19. The first-order valence-corrected chi connectivity index (χ1v) is 4.76. The van der Waals surface area contributed by atoms with Gasteiger partial charge in [0.05, 0.1) is 10.0 Å². The number of hydrogen-bond donors (Lipinski definition) is 0. The van der Waals surface area contributed by atoms with Gasteiger partial charge in [-0.2, -0.15) is 0 Å². The Balaban J connectivity index is 3.27. The third-order valence-electron chi connectivity index (χ3n) is 1.65. The zero-order chi connectivity index (χ0) is 12.5. The molecule has 0 atom stereocenters. The Morgan fingerprint density at radius 2 is 1.94 bits per heavy atom. The van der Waals surface area contributed by atoms with E-state index in [9.17, 15) is 22.4 Å². The van der Waals surface area contributed by atoms with Gasteiger partial charge in [0.1, 0.15) is 0 Å². The summed E-state index contributed by atoms with van der Waals surface area (Å²) in [7, 11) is 0. The van der Waals surface area contributed by atoms with Crippen LogP contribution >= 0.6 is 15.9 Å². The van der Waals surface area contributed by atoms with Crippen molar-refractivity contribution in [3.8, 4) is 5.75 Å². The molecule has 0 heterocycles. The van der Waals surface area contributed by atoms with Crippen LogP contribution in [0.4, 0.5) is 17.6 Å². The van der Waals surface area contributed by atoms with Gasteiger partial charge in [-0.1, -0.05) is 0 Å². The zero-order valence-electron chi connectivity index (χ0n) is 7.86. The van der Waals surface area contributed by atoms with Crippen molar-refractivity contribution in [2.24, 2.45) is 0 Å². The van der Waals surface area contributed by atoms with Crippen LogP contribution in [0.3, 0.4) is 0 Å². The second-order valence-electron chi connectivity index (χ2n) is 2.84. The number of halogens is 5. The fourth-order valence-electron chi connectivity index (χ4n) is 1.01. The maximum atomic E-state index is 13.4. The molecule has 0 aromatic heterocycles. The maximum absolute atomic E-state index is 13.4. The van der Waals surface area contributed by atoms with E-state index < -0.39 is 29.3 Å². The van der Waals surface area contributed by atoms with Gasteiger partial charge in [-0.05, 0) is 35.0 Å². The summed E-state index contributed by atoms with van der Waals surface area (Å²) in [6.45, 7) is 1.05. The summed E-state index contributed by atoms with van der Waals surface area (Å²) in [5.74, 6) is -3.06. The quantitative estimate of drug-likeness (QED) is 0.615. The molecule has 1 aromatic carbocycles. The van der Waals surface area contributed by atoms with Crippen molar-refractivity contribution < 1.29 is 27.1 Å². The number of ether oxygens (including phenoxy) is 1. The lowest BCUT2D eigenvalue weighted by atomic mass is 10.1. The Hall–Kier alpha value is -1.11. The van der Waals surface area contributed by atoms with Crippen LogP contribution in [0.1, 0.15) is 17.3 Å². The molecule has 0 radical (unpaired) electrons. The average molecular weight is 301 g/mol. The molecule has 0 aliphatic rings. The molecule has 0 spiro atoms. The summed E-state index contributed by atoms with van der Waals surface area (Å²) in [5, 5.41) is 0. The SMILES string of the molecule is CC(=O)c1ccc(Br)c(OC(F)(F)F)c1F. The average Bonchev–Trinajstić information content (AvgIpc) is 2.10. The predicted molar refractivity (Wildman–Crippen MR) is 50.8 cm³/mol. The molecule has 0 aliphatic carbocycles. The van der Waals surface area contributed by atoms with Gasteiger partial charge in [-0.15, -0.1) is 13.2 Å². The molecule has 0 fully saturated rings. The van der Waals surface area contributed by atoms with Gasteiger partial charge in [0.25, 0.3) is 0 Å². The van der Waals surface area contributed by atoms with E-state index in [1.807, 2.05) is 0 Å². The molecule has 0 bridgehead atoms. The molecule has 7 heteroatoms. The zero-order valence-corrected chi connectivity index (χ0v) is 9.45. The van der Waals surface area contributed by atoms with Gasteiger partial charge in [-0.25, -0.2) is 4.39 Å². The number of alkyl halides is 3. The van der Waals surface area contributed by atoms with E-state index in [-0.39, 0.29) is 4.47 Å². The Labute approximate surface area is 96.3 Å². The second-order valence-corrected chi connectivity index (χ2v) is 3.70. The maximum Gasteiger partial charge on any atom is 0.573 e. The van der Waals surface area contributed by atoms with E-state index in [2.05, 4.69) is 20.7 Å². The predicted octanol–water partition coefficient (Wildman–Crippen LogP) is 3.69. The van der Waals surface area contributed by atoms with Crippen LogP contribution in [0.5, 0.6) is 5.75 Å². The molecule has 0 saturated heterocycles. The molecular weight excluding hydrogens is 296 g/mol. The van der Waals surface area contributed by atoms with Crippen molar-refractivity contribution in [2.45, 2.75) is 13.3 Å².